The normalized spacial score (nSPS) is 23.6. The van der Waals surface area contributed by atoms with Gasteiger partial charge in [0.15, 0.2) is 5.13 Å². The van der Waals surface area contributed by atoms with E-state index in [1.54, 1.807) is 11.3 Å². The van der Waals surface area contributed by atoms with E-state index in [0.717, 1.165) is 11.7 Å². The van der Waals surface area contributed by atoms with Crippen molar-refractivity contribution in [2.45, 2.75) is 19.4 Å². The Morgan fingerprint density at radius 2 is 2.43 bits per heavy atom. The van der Waals surface area contributed by atoms with Crippen molar-refractivity contribution in [2.24, 2.45) is 0 Å². The van der Waals surface area contributed by atoms with Crippen LogP contribution < -0.4 is 4.90 Å². The summed E-state index contributed by atoms with van der Waals surface area (Å²) in [5.74, 6) is 2.46. The van der Waals surface area contributed by atoms with Crippen LogP contribution >= 0.6 is 34.7 Å². The summed E-state index contributed by atoms with van der Waals surface area (Å²) in [7, 11) is 0. The van der Waals surface area contributed by atoms with Crippen LogP contribution in [0.3, 0.4) is 0 Å². The molecule has 78 valence electrons. The summed E-state index contributed by atoms with van der Waals surface area (Å²) in [4.78, 5) is 6.70. The molecule has 1 aromatic heterocycles. The summed E-state index contributed by atoms with van der Waals surface area (Å²) in [5, 5.41) is 3.60. The van der Waals surface area contributed by atoms with Crippen LogP contribution in [0.15, 0.2) is 5.38 Å². The lowest BCUT2D eigenvalue weighted by atomic mass is 10.2. The van der Waals surface area contributed by atoms with Crippen molar-refractivity contribution < 1.29 is 0 Å². The first-order valence-electron chi connectivity index (χ1n) is 4.73. The molecule has 0 saturated carbocycles. The highest BCUT2D eigenvalue weighted by molar-refractivity contribution is 7.99. The van der Waals surface area contributed by atoms with Gasteiger partial charge in [0.25, 0.3) is 0 Å². The van der Waals surface area contributed by atoms with Crippen LogP contribution in [0, 0.1) is 0 Å². The molecule has 0 bridgehead atoms. The second-order valence-corrected chi connectivity index (χ2v) is 5.84. The monoisotopic (exact) mass is 248 g/mol. The van der Waals surface area contributed by atoms with E-state index in [-0.39, 0.29) is 0 Å². The van der Waals surface area contributed by atoms with E-state index < -0.39 is 0 Å². The Hall–Kier alpha value is 0.0700. The maximum atomic E-state index is 5.84. The lowest BCUT2D eigenvalue weighted by molar-refractivity contribution is 0.644. The summed E-state index contributed by atoms with van der Waals surface area (Å²) >= 11 is 9.51. The van der Waals surface area contributed by atoms with Crippen molar-refractivity contribution in [3.63, 3.8) is 0 Å². The van der Waals surface area contributed by atoms with Crippen LogP contribution in [-0.2, 0) is 0 Å². The van der Waals surface area contributed by atoms with Gasteiger partial charge in [-0.25, -0.2) is 4.98 Å². The Labute approximate surface area is 97.7 Å². The van der Waals surface area contributed by atoms with Crippen molar-refractivity contribution in [1.29, 1.82) is 0 Å². The molecule has 2 rings (SSSR count). The standard InChI is InChI=1S/C9H13ClN2S2/c1-7-2-4-13-5-3-12(7)9-11-8(10)6-14-9/h6-7H,2-5H2,1H3. The molecular formula is C9H13ClN2S2. The second kappa shape index (κ2) is 4.73. The predicted octanol–water partition coefficient (Wildman–Crippen LogP) is 3.13. The minimum absolute atomic E-state index is 0.590. The molecule has 0 aromatic carbocycles. The molecule has 1 aromatic rings. The van der Waals surface area contributed by atoms with Crippen LogP contribution in [0.2, 0.25) is 5.15 Å². The van der Waals surface area contributed by atoms with E-state index >= 15 is 0 Å². The Kier molecular flexibility index (Phi) is 3.57. The van der Waals surface area contributed by atoms with E-state index in [9.17, 15) is 0 Å². The van der Waals surface area contributed by atoms with Crippen LogP contribution in [0.1, 0.15) is 13.3 Å². The molecule has 1 unspecified atom stereocenters. The zero-order valence-corrected chi connectivity index (χ0v) is 10.5. The molecule has 0 aliphatic carbocycles. The Morgan fingerprint density at radius 3 is 3.14 bits per heavy atom. The van der Waals surface area contributed by atoms with Gasteiger partial charge in [-0.2, -0.15) is 11.8 Å². The predicted molar refractivity (Wildman–Crippen MR) is 65.9 cm³/mol. The lowest BCUT2D eigenvalue weighted by Gasteiger charge is -2.25. The average Bonchev–Trinajstić information content (AvgIpc) is 2.46. The van der Waals surface area contributed by atoms with E-state index in [4.69, 9.17) is 11.6 Å². The highest BCUT2D eigenvalue weighted by Gasteiger charge is 2.19. The molecule has 0 spiro atoms. The molecule has 1 aliphatic rings. The summed E-state index contributed by atoms with van der Waals surface area (Å²) in [6.45, 7) is 3.36. The maximum Gasteiger partial charge on any atom is 0.187 e. The third-order valence-electron chi connectivity index (χ3n) is 2.40. The average molecular weight is 249 g/mol. The summed E-state index contributed by atoms with van der Waals surface area (Å²) < 4.78 is 0. The van der Waals surface area contributed by atoms with Gasteiger partial charge in [0.2, 0.25) is 0 Å². The fourth-order valence-corrected chi connectivity index (χ4v) is 3.67. The van der Waals surface area contributed by atoms with E-state index in [1.807, 2.05) is 17.1 Å². The highest BCUT2D eigenvalue weighted by atomic mass is 35.5. The van der Waals surface area contributed by atoms with Gasteiger partial charge in [0.1, 0.15) is 5.15 Å². The zero-order valence-electron chi connectivity index (χ0n) is 8.07. The number of anilines is 1. The van der Waals surface area contributed by atoms with E-state index in [2.05, 4.69) is 16.8 Å². The molecule has 5 heteroatoms. The second-order valence-electron chi connectivity index (χ2n) is 3.40. The Balaban J connectivity index is 2.14. The Morgan fingerprint density at radius 1 is 1.57 bits per heavy atom. The summed E-state index contributed by atoms with van der Waals surface area (Å²) in [6, 6.07) is 0.590. The first-order chi connectivity index (χ1) is 6.77. The number of thiazole rings is 1. The third-order valence-corrected chi connectivity index (χ3v) is 4.59. The van der Waals surface area contributed by atoms with Crippen molar-refractivity contribution in [1.82, 2.24) is 4.98 Å². The van der Waals surface area contributed by atoms with Crippen LogP contribution in [0.25, 0.3) is 0 Å². The van der Waals surface area contributed by atoms with Gasteiger partial charge >= 0.3 is 0 Å². The topological polar surface area (TPSA) is 16.1 Å². The molecule has 2 heterocycles. The van der Waals surface area contributed by atoms with Gasteiger partial charge in [-0.3, -0.25) is 0 Å². The molecule has 1 aliphatic heterocycles. The molecule has 14 heavy (non-hydrogen) atoms. The van der Waals surface area contributed by atoms with Crippen molar-refractivity contribution in [3.05, 3.63) is 10.5 Å². The smallest absolute Gasteiger partial charge is 0.187 e. The largest absolute Gasteiger partial charge is 0.344 e. The molecule has 1 fully saturated rings. The van der Waals surface area contributed by atoms with E-state index in [1.165, 1.54) is 17.9 Å². The Bertz CT molecular complexity index is 303. The first kappa shape index (κ1) is 10.6. The highest BCUT2D eigenvalue weighted by Crippen LogP contribution is 2.28. The van der Waals surface area contributed by atoms with Gasteiger partial charge in [0.05, 0.1) is 0 Å². The number of halogens is 1. The van der Waals surface area contributed by atoms with Gasteiger partial charge in [-0.05, 0) is 19.1 Å². The fourth-order valence-electron chi connectivity index (χ4n) is 1.56. The fraction of sp³-hybridized carbons (Fsp3) is 0.667. The van der Waals surface area contributed by atoms with Crippen LogP contribution in [0.5, 0.6) is 0 Å². The van der Waals surface area contributed by atoms with Gasteiger partial charge in [-0.15, -0.1) is 11.3 Å². The van der Waals surface area contributed by atoms with Crippen molar-refractivity contribution >= 4 is 39.8 Å². The minimum Gasteiger partial charge on any atom is -0.344 e. The number of nitrogens with zero attached hydrogens (tertiary/aromatic N) is 2. The lowest BCUT2D eigenvalue weighted by Crippen LogP contribution is -2.33. The van der Waals surface area contributed by atoms with Crippen LogP contribution in [-0.4, -0.2) is 29.1 Å². The third kappa shape index (κ3) is 2.35. The molecule has 0 radical (unpaired) electrons. The molecule has 0 N–H and O–H groups in total. The van der Waals surface area contributed by atoms with E-state index in [0.29, 0.717) is 11.2 Å². The van der Waals surface area contributed by atoms with Crippen molar-refractivity contribution in [2.75, 3.05) is 23.0 Å². The summed E-state index contributed by atoms with van der Waals surface area (Å²) in [5.41, 5.74) is 0. The molecule has 1 saturated heterocycles. The summed E-state index contributed by atoms with van der Waals surface area (Å²) in [6.07, 6.45) is 1.24. The maximum absolute atomic E-state index is 5.84. The minimum atomic E-state index is 0.590. The van der Waals surface area contributed by atoms with Gasteiger partial charge < -0.3 is 4.90 Å². The van der Waals surface area contributed by atoms with Crippen molar-refractivity contribution in [3.8, 4) is 0 Å². The number of hydrogen-bond donors (Lipinski definition) is 0. The molecule has 0 amide bonds. The molecule has 1 atom stereocenters. The quantitative estimate of drug-likeness (QED) is 0.760. The van der Waals surface area contributed by atoms with Crippen LogP contribution in [0.4, 0.5) is 5.13 Å². The molecular weight excluding hydrogens is 236 g/mol. The number of hydrogen-bond acceptors (Lipinski definition) is 4. The SMILES string of the molecule is CC1CCSCCN1c1nc(Cl)cs1. The zero-order chi connectivity index (χ0) is 9.97. The number of rotatable bonds is 1. The van der Waals surface area contributed by atoms with Gasteiger partial charge in [0, 0.05) is 23.7 Å². The first-order valence-corrected chi connectivity index (χ1v) is 7.14. The molecule has 2 nitrogen and oxygen atoms in total. The number of aromatic nitrogens is 1. The van der Waals surface area contributed by atoms with Gasteiger partial charge in [-0.1, -0.05) is 11.6 Å². The number of thioether (sulfide) groups is 1.